The van der Waals surface area contributed by atoms with Gasteiger partial charge in [0.25, 0.3) is 11.8 Å². The van der Waals surface area contributed by atoms with Crippen molar-refractivity contribution in [2.75, 3.05) is 18.4 Å². The fourth-order valence-corrected chi connectivity index (χ4v) is 2.93. The summed E-state index contributed by atoms with van der Waals surface area (Å²) in [5.74, 6) is -0.291. The van der Waals surface area contributed by atoms with Crippen LogP contribution in [-0.2, 0) is 0 Å². The Kier molecular flexibility index (Phi) is 5.10. The second kappa shape index (κ2) is 7.63. The molecular formula is C20H19N3O2. The maximum Gasteiger partial charge on any atom is 0.255 e. The molecule has 25 heavy (non-hydrogen) atoms. The van der Waals surface area contributed by atoms with E-state index in [1.54, 1.807) is 48.5 Å². The van der Waals surface area contributed by atoms with Gasteiger partial charge in [-0.3, -0.25) is 9.59 Å². The van der Waals surface area contributed by atoms with Gasteiger partial charge < -0.3 is 10.2 Å². The molecule has 1 fully saturated rings. The topological polar surface area (TPSA) is 73.2 Å². The summed E-state index contributed by atoms with van der Waals surface area (Å²) in [5, 5.41) is 11.8. The molecule has 2 aromatic rings. The lowest BCUT2D eigenvalue weighted by Gasteiger charge is -2.26. The minimum absolute atomic E-state index is 0.0153. The van der Waals surface area contributed by atoms with Crippen LogP contribution in [0.25, 0.3) is 0 Å². The first-order chi connectivity index (χ1) is 12.2. The zero-order valence-corrected chi connectivity index (χ0v) is 13.9. The van der Waals surface area contributed by atoms with Gasteiger partial charge in [-0.05, 0) is 55.7 Å². The molecule has 0 unspecified atom stereocenters. The van der Waals surface area contributed by atoms with Crippen LogP contribution in [0.2, 0.25) is 0 Å². The lowest BCUT2D eigenvalue weighted by Crippen LogP contribution is -2.35. The Labute approximate surface area is 146 Å². The monoisotopic (exact) mass is 333 g/mol. The summed E-state index contributed by atoms with van der Waals surface area (Å²) >= 11 is 0. The van der Waals surface area contributed by atoms with Gasteiger partial charge in [0.2, 0.25) is 0 Å². The second-order valence-electron chi connectivity index (χ2n) is 6.04. The molecule has 3 rings (SSSR count). The van der Waals surface area contributed by atoms with E-state index in [-0.39, 0.29) is 11.8 Å². The molecule has 0 saturated carbocycles. The van der Waals surface area contributed by atoms with Crippen molar-refractivity contribution < 1.29 is 9.59 Å². The highest BCUT2D eigenvalue weighted by Crippen LogP contribution is 2.17. The number of benzene rings is 2. The fraction of sp³-hybridized carbons (Fsp3) is 0.250. The van der Waals surface area contributed by atoms with E-state index in [1.807, 2.05) is 11.0 Å². The van der Waals surface area contributed by atoms with Gasteiger partial charge in [-0.2, -0.15) is 5.26 Å². The minimum atomic E-state index is -0.306. The largest absolute Gasteiger partial charge is 0.339 e. The quantitative estimate of drug-likeness (QED) is 0.935. The zero-order valence-electron chi connectivity index (χ0n) is 13.9. The lowest BCUT2D eigenvalue weighted by atomic mass is 10.1. The SMILES string of the molecule is N#Cc1ccccc1NC(=O)c1ccc(C(=O)N2CCCCC2)cc1. The smallest absolute Gasteiger partial charge is 0.255 e. The van der Waals surface area contributed by atoms with Crippen molar-refractivity contribution in [1.29, 1.82) is 5.26 Å². The average Bonchev–Trinajstić information content (AvgIpc) is 2.68. The summed E-state index contributed by atoms with van der Waals surface area (Å²) in [6, 6.07) is 15.5. The minimum Gasteiger partial charge on any atom is -0.339 e. The number of rotatable bonds is 3. The van der Waals surface area contributed by atoms with E-state index in [4.69, 9.17) is 5.26 Å². The van der Waals surface area contributed by atoms with E-state index in [2.05, 4.69) is 5.32 Å². The highest BCUT2D eigenvalue weighted by Gasteiger charge is 2.18. The van der Waals surface area contributed by atoms with Crippen LogP contribution < -0.4 is 5.32 Å². The summed E-state index contributed by atoms with van der Waals surface area (Å²) < 4.78 is 0. The van der Waals surface area contributed by atoms with E-state index in [1.165, 1.54) is 6.42 Å². The van der Waals surface area contributed by atoms with Crippen LogP contribution in [0, 0.1) is 11.3 Å². The second-order valence-corrected chi connectivity index (χ2v) is 6.04. The number of nitrogens with one attached hydrogen (secondary N) is 1. The molecule has 0 bridgehead atoms. The first-order valence-corrected chi connectivity index (χ1v) is 8.39. The molecule has 1 heterocycles. The molecule has 1 aliphatic heterocycles. The van der Waals surface area contributed by atoms with Crippen LogP contribution in [-0.4, -0.2) is 29.8 Å². The van der Waals surface area contributed by atoms with Crippen molar-refractivity contribution in [3.8, 4) is 6.07 Å². The summed E-state index contributed by atoms with van der Waals surface area (Å²) in [6.07, 6.45) is 3.27. The van der Waals surface area contributed by atoms with Gasteiger partial charge in [0.15, 0.2) is 0 Å². The standard InChI is InChI=1S/C20H19N3O2/c21-14-17-6-2-3-7-18(17)22-19(24)15-8-10-16(11-9-15)20(25)23-12-4-1-5-13-23/h2-3,6-11H,1,4-5,12-13H2,(H,22,24). The van der Waals surface area contributed by atoms with E-state index in [0.29, 0.717) is 22.4 Å². The van der Waals surface area contributed by atoms with Crippen molar-refractivity contribution in [2.24, 2.45) is 0 Å². The summed E-state index contributed by atoms with van der Waals surface area (Å²) in [7, 11) is 0. The number of para-hydroxylation sites is 1. The third-order valence-electron chi connectivity index (χ3n) is 4.33. The molecule has 1 aliphatic rings. The number of likely N-dealkylation sites (tertiary alicyclic amines) is 1. The van der Waals surface area contributed by atoms with Gasteiger partial charge in [0.05, 0.1) is 11.3 Å². The maximum absolute atomic E-state index is 12.4. The molecule has 0 aliphatic carbocycles. The number of carbonyl (C=O) groups excluding carboxylic acids is 2. The Morgan fingerprint density at radius 2 is 1.56 bits per heavy atom. The zero-order chi connectivity index (χ0) is 17.6. The molecule has 2 aromatic carbocycles. The lowest BCUT2D eigenvalue weighted by molar-refractivity contribution is 0.0724. The summed E-state index contributed by atoms with van der Waals surface area (Å²) in [6.45, 7) is 1.60. The van der Waals surface area contributed by atoms with Gasteiger partial charge in [0, 0.05) is 24.2 Å². The Bertz CT molecular complexity index is 816. The van der Waals surface area contributed by atoms with Crippen LogP contribution in [0.5, 0.6) is 0 Å². The van der Waals surface area contributed by atoms with Crippen molar-refractivity contribution in [1.82, 2.24) is 4.90 Å². The first kappa shape index (κ1) is 16.7. The van der Waals surface area contributed by atoms with Crippen molar-refractivity contribution in [2.45, 2.75) is 19.3 Å². The molecule has 5 nitrogen and oxygen atoms in total. The van der Waals surface area contributed by atoms with Gasteiger partial charge in [-0.15, -0.1) is 0 Å². The number of hydrogen-bond acceptors (Lipinski definition) is 3. The van der Waals surface area contributed by atoms with Crippen molar-refractivity contribution >= 4 is 17.5 Å². The molecule has 1 N–H and O–H groups in total. The van der Waals surface area contributed by atoms with Crippen molar-refractivity contribution in [3.05, 3.63) is 65.2 Å². The number of carbonyl (C=O) groups is 2. The maximum atomic E-state index is 12.4. The number of anilines is 1. The number of piperidine rings is 1. The third kappa shape index (κ3) is 3.86. The normalized spacial score (nSPS) is 13.8. The Hall–Kier alpha value is -3.13. The molecule has 126 valence electrons. The van der Waals surface area contributed by atoms with Crippen molar-refractivity contribution in [3.63, 3.8) is 0 Å². The molecule has 2 amide bonds. The Balaban J connectivity index is 1.70. The van der Waals surface area contributed by atoms with Crippen LogP contribution in [0.15, 0.2) is 48.5 Å². The molecule has 0 radical (unpaired) electrons. The van der Waals surface area contributed by atoms with Gasteiger partial charge in [-0.1, -0.05) is 12.1 Å². The highest BCUT2D eigenvalue weighted by molar-refractivity contribution is 6.05. The molecule has 0 spiro atoms. The van der Waals surface area contributed by atoms with Crippen LogP contribution in [0.1, 0.15) is 45.5 Å². The molecule has 0 atom stereocenters. The van der Waals surface area contributed by atoms with E-state index >= 15 is 0 Å². The van der Waals surface area contributed by atoms with Gasteiger partial charge >= 0.3 is 0 Å². The third-order valence-corrected chi connectivity index (χ3v) is 4.33. The summed E-state index contributed by atoms with van der Waals surface area (Å²) in [4.78, 5) is 26.7. The predicted molar refractivity (Wildman–Crippen MR) is 95.3 cm³/mol. The molecule has 0 aromatic heterocycles. The van der Waals surface area contributed by atoms with Crippen LogP contribution in [0.3, 0.4) is 0 Å². The predicted octanol–water partition coefficient (Wildman–Crippen LogP) is 3.44. The van der Waals surface area contributed by atoms with Crippen LogP contribution >= 0.6 is 0 Å². The number of hydrogen-bond donors (Lipinski definition) is 1. The summed E-state index contributed by atoms with van der Waals surface area (Å²) in [5.41, 5.74) is 1.93. The molecule has 5 heteroatoms. The van der Waals surface area contributed by atoms with Gasteiger partial charge in [-0.25, -0.2) is 0 Å². The van der Waals surface area contributed by atoms with Crippen LogP contribution in [0.4, 0.5) is 5.69 Å². The first-order valence-electron chi connectivity index (χ1n) is 8.39. The van der Waals surface area contributed by atoms with E-state index in [9.17, 15) is 9.59 Å². The molecule has 1 saturated heterocycles. The highest BCUT2D eigenvalue weighted by atomic mass is 16.2. The number of nitrogens with zero attached hydrogens (tertiary/aromatic N) is 2. The molecular weight excluding hydrogens is 314 g/mol. The number of nitriles is 1. The van der Waals surface area contributed by atoms with E-state index in [0.717, 1.165) is 25.9 Å². The fourth-order valence-electron chi connectivity index (χ4n) is 2.93. The van der Waals surface area contributed by atoms with E-state index < -0.39 is 0 Å². The van der Waals surface area contributed by atoms with Gasteiger partial charge in [0.1, 0.15) is 6.07 Å². The number of amides is 2. The average molecular weight is 333 g/mol. The Morgan fingerprint density at radius 3 is 2.24 bits per heavy atom. The Morgan fingerprint density at radius 1 is 0.920 bits per heavy atom.